The van der Waals surface area contributed by atoms with Crippen molar-refractivity contribution < 1.29 is 9.47 Å². The van der Waals surface area contributed by atoms with Gasteiger partial charge < -0.3 is 14.4 Å². The molecule has 138 valence electrons. The van der Waals surface area contributed by atoms with Crippen LogP contribution in [0.3, 0.4) is 0 Å². The molecule has 29 heavy (non-hydrogen) atoms. The van der Waals surface area contributed by atoms with Crippen LogP contribution in [0.2, 0.25) is 6.55 Å². The van der Waals surface area contributed by atoms with Crippen molar-refractivity contribution in [1.29, 1.82) is 0 Å². The lowest BCUT2D eigenvalue weighted by molar-refractivity contribution is 0.463. The minimum atomic E-state index is -2.27. The molecule has 0 radical (unpaired) electrons. The SMILES string of the molecule is C[Si]12c3c4cccc3Oc3cccc(c31)N(c1ccccc1)c1cccc(c12)O4. The highest BCUT2D eigenvalue weighted by Gasteiger charge is 2.54. The van der Waals surface area contributed by atoms with Gasteiger partial charge in [0.25, 0.3) is 0 Å². The van der Waals surface area contributed by atoms with E-state index < -0.39 is 8.07 Å². The number of para-hydroxylation sites is 1. The Balaban J connectivity index is 1.67. The van der Waals surface area contributed by atoms with Crippen molar-refractivity contribution >= 4 is 40.7 Å². The Morgan fingerprint density at radius 2 is 1.03 bits per heavy atom. The molecular weight excluding hydrogens is 374 g/mol. The van der Waals surface area contributed by atoms with E-state index in [1.54, 1.807) is 0 Å². The van der Waals surface area contributed by atoms with E-state index in [4.69, 9.17) is 9.47 Å². The second-order valence-corrected chi connectivity index (χ2v) is 11.7. The van der Waals surface area contributed by atoms with Gasteiger partial charge in [-0.25, -0.2) is 0 Å². The Labute approximate surface area is 169 Å². The molecule has 0 N–H and O–H groups in total. The highest BCUT2D eigenvalue weighted by molar-refractivity contribution is 7.14. The van der Waals surface area contributed by atoms with Gasteiger partial charge in [-0.05, 0) is 48.5 Å². The molecular formula is C25H17NO2Si. The number of anilines is 3. The van der Waals surface area contributed by atoms with Crippen LogP contribution in [0.5, 0.6) is 23.0 Å². The molecule has 0 fully saturated rings. The number of rotatable bonds is 1. The summed E-state index contributed by atoms with van der Waals surface area (Å²) in [5.41, 5.74) is 3.58. The summed E-state index contributed by atoms with van der Waals surface area (Å²) < 4.78 is 12.9. The zero-order valence-electron chi connectivity index (χ0n) is 15.8. The lowest BCUT2D eigenvalue weighted by Crippen LogP contribution is -2.71. The molecule has 0 bridgehead atoms. The molecule has 3 aliphatic heterocycles. The lowest BCUT2D eigenvalue weighted by Gasteiger charge is -2.48. The van der Waals surface area contributed by atoms with E-state index in [1.165, 1.54) is 26.9 Å². The van der Waals surface area contributed by atoms with Gasteiger partial charge in [0.05, 0.1) is 0 Å². The van der Waals surface area contributed by atoms with Crippen LogP contribution in [0.15, 0.2) is 84.9 Å². The molecule has 0 aromatic heterocycles. The first-order chi connectivity index (χ1) is 14.3. The minimum absolute atomic E-state index is 0.940. The Morgan fingerprint density at radius 1 is 0.552 bits per heavy atom. The average molecular weight is 392 g/mol. The maximum atomic E-state index is 6.43. The zero-order valence-corrected chi connectivity index (χ0v) is 16.8. The molecule has 7 rings (SSSR count). The summed E-state index contributed by atoms with van der Waals surface area (Å²) in [6, 6.07) is 29.6. The van der Waals surface area contributed by atoms with E-state index in [2.05, 4.69) is 90.3 Å². The van der Waals surface area contributed by atoms with Gasteiger partial charge >= 0.3 is 0 Å². The quantitative estimate of drug-likeness (QED) is 0.384. The van der Waals surface area contributed by atoms with Gasteiger partial charge in [0.15, 0.2) is 8.07 Å². The van der Waals surface area contributed by atoms with Gasteiger partial charge in [-0.15, -0.1) is 0 Å². The second kappa shape index (κ2) is 5.10. The molecule has 4 heteroatoms. The van der Waals surface area contributed by atoms with Gasteiger partial charge in [-0.1, -0.05) is 42.9 Å². The standard InChI is InChI=1S/C25H17NO2Si/c1-29-23-17-10-5-12-19(23)27-21-14-7-15-22(25(21)29)28-20-13-6-11-18(24(20)29)26(17)16-8-3-2-4-9-16/h2-15H,1H3. The van der Waals surface area contributed by atoms with Crippen LogP contribution >= 0.6 is 0 Å². The van der Waals surface area contributed by atoms with E-state index in [0.717, 1.165) is 28.7 Å². The molecule has 0 saturated heterocycles. The van der Waals surface area contributed by atoms with Crippen molar-refractivity contribution in [2.24, 2.45) is 0 Å². The average Bonchev–Trinajstić information content (AvgIpc) is 2.74. The molecule has 4 aromatic rings. The smallest absolute Gasteiger partial charge is 0.170 e. The zero-order chi connectivity index (χ0) is 19.2. The largest absolute Gasteiger partial charge is 0.457 e. The fraction of sp³-hybridized carbons (Fsp3) is 0.0400. The topological polar surface area (TPSA) is 21.7 Å². The highest BCUT2D eigenvalue weighted by Crippen LogP contribution is 2.48. The fourth-order valence-corrected chi connectivity index (χ4v) is 10.0. The minimum Gasteiger partial charge on any atom is -0.457 e. The highest BCUT2D eigenvalue weighted by atomic mass is 28.3. The number of hydrogen-bond acceptors (Lipinski definition) is 3. The molecule has 0 atom stereocenters. The summed E-state index contributed by atoms with van der Waals surface area (Å²) in [5, 5.41) is 3.94. The summed E-state index contributed by atoms with van der Waals surface area (Å²) >= 11 is 0. The molecule has 3 nitrogen and oxygen atoms in total. The van der Waals surface area contributed by atoms with Gasteiger partial charge in [-0.2, -0.15) is 0 Å². The maximum Gasteiger partial charge on any atom is 0.170 e. The van der Waals surface area contributed by atoms with E-state index in [9.17, 15) is 0 Å². The monoisotopic (exact) mass is 391 g/mol. The number of nitrogens with zero attached hydrogens (tertiary/aromatic N) is 1. The normalized spacial score (nSPS) is 15.8. The molecule has 0 unspecified atom stereocenters. The maximum absolute atomic E-state index is 6.43. The third kappa shape index (κ3) is 1.74. The molecule has 4 aromatic carbocycles. The van der Waals surface area contributed by atoms with Crippen molar-refractivity contribution in [1.82, 2.24) is 0 Å². The third-order valence-electron chi connectivity index (χ3n) is 6.43. The Bertz CT molecular complexity index is 1260. The van der Waals surface area contributed by atoms with Crippen LogP contribution in [0.1, 0.15) is 0 Å². The predicted octanol–water partition coefficient (Wildman–Crippen LogP) is 4.78. The second-order valence-electron chi connectivity index (χ2n) is 7.93. The summed E-state index contributed by atoms with van der Waals surface area (Å²) in [5.74, 6) is 3.83. The number of benzene rings is 4. The van der Waals surface area contributed by atoms with E-state index in [-0.39, 0.29) is 0 Å². The van der Waals surface area contributed by atoms with E-state index >= 15 is 0 Å². The number of hydrogen-bond donors (Lipinski definition) is 0. The van der Waals surface area contributed by atoms with Crippen LogP contribution in [-0.2, 0) is 0 Å². The van der Waals surface area contributed by atoms with Gasteiger partial charge in [0.2, 0.25) is 0 Å². The van der Waals surface area contributed by atoms with Gasteiger partial charge in [0, 0.05) is 32.6 Å². The summed E-state index contributed by atoms with van der Waals surface area (Å²) in [7, 11) is -2.27. The van der Waals surface area contributed by atoms with Crippen LogP contribution < -0.4 is 29.9 Å². The fourth-order valence-electron chi connectivity index (χ4n) is 5.36. The van der Waals surface area contributed by atoms with Crippen molar-refractivity contribution in [2.75, 3.05) is 4.90 Å². The van der Waals surface area contributed by atoms with Crippen molar-refractivity contribution in [3.63, 3.8) is 0 Å². The molecule has 3 aliphatic rings. The lowest BCUT2D eigenvalue weighted by atomic mass is 10.1. The van der Waals surface area contributed by atoms with Crippen molar-refractivity contribution in [3.8, 4) is 23.0 Å². The molecule has 0 aliphatic carbocycles. The first kappa shape index (κ1) is 15.4. The Morgan fingerprint density at radius 3 is 1.59 bits per heavy atom. The van der Waals surface area contributed by atoms with E-state index in [1.807, 2.05) is 6.07 Å². The van der Waals surface area contributed by atoms with Crippen LogP contribution in [-0.4, -0.2) is 8.07 Å². The summed E-state index contributed by atoms with van der Waals surface area (Å²) in [6.07, 6.45) is 0. The Kier molecular flexibility index (Phi) is 2.71. The van der Waals surface area contributed by atoms with Crippen LogP contribution in [0.25, 0.3) is 0 Å². The van der Waals surface area contributed by atoms with Gasteiger partial charge in [-0.3, -0.25) is 0 Å². The third-order valence-corrected chi connectivity index (χ3v) is 10.9. The van der Waals surface area contributed by atoms with Gasteiger partial charge in [0.1, 0.15) is 23.0 Å². The van der Waals surface area contributed by atoms with Crippen molar-refractivity contribution in [2.45, 2.75) is 6.55 Å². The predicted molar refractivity (Wildman–Crippen MR) is 118 cm³/mol. The number of ether oxygens (including phenoxy) is 2. The first-order valence-corrected chi connectivity index (χ1v) is 12.4. The molecule has 0 amide bonds. The molecule has 0 spiro atoms. The van der Waals surface area contributed by atoms with Crippen molar-refractivity contribution in [3.05, 3.63) is 84.9 Å². The summed E-state index contributed by atoms with van der Waals surface area (Å²) in [4.78, 5) is 2.36. The Hall–Kier alpha value is -3.50. The van der Waals surface area contributed by atoms with Crippen LogP contribution in [0, 0.1) is 0 Å². The van der Waals surface area contributed by atoms with Crippen LogP contribution in [0.4, 0.5) is 17.1 Å². The van der Waals surface area contributed by atoms with E-state index in [0.29, 0.717) is 0 Å². The summed E-state index contributed by atoms with van der Waals surface area (Å²) in [6.45, 7) is 2.45. The molecule has 3 heterocycles. The molecule has 0 saturated carbocycles. The first-order valence-electron chi connectivity index (χ1n) is 9.88.